The standard InChI is InChI=1S/C10H15FN2O/c1-7-5-9(14-12-7)10-8(6-11)3-4-13(10)2/h5,8,10H,3-4,6H2,1-2H3. The van der Waals surface area contributed by atoms with Crippen LogP contribution in [-0.4, -0.2) is 30.3 Å². The van der Waals surface area contributed by atoms with E-state index in [1.165, 1.54) is 0 Å². The molecule has 78 valence electrons. The summed E-state index contributed by atoms with van der Waals surface area (Å²) in [7, 11) is 2.00. The van der Waals surface area contributed by atoms with E-state index in [4.69, 9.17) is 4.52 Å². The first-order valence-corrected chi connectivity index (χ1v) is 4.92. The van der Waals surface area contributed by atoms with Gasteiger partial charge in [-0.05, 0) is 26.9 Å². The maximum absolute atomic E-state index is 12.7. The number of hydrogen-bond donors (Lipinski definition) is 0. The molecule has 0 radical (unpaired) electrons. The van der Waals surface area contributed by atoms with E-state index in [2.05, 4.69) is 10.1 Å². The third kappa shape index (κ3) is 1.54. The van der Waals surface area contributed by atoms with Crippen LogP contribution in [0.5, 0.6) is 0 Å². The molecule has 3 nitrogen and oxygen atoms in total. The molecule has 0 spiro atoms. The van der Waals surface area contributed by atoms with Crippen molar-refractivity contribution >= 4 is 0 Å². The Morgan fingerprint density at radius 3 is 3.07 bits per heavy atom. The summed E-state index contributed by atoms with van der Waals surface area (Å²) in [4.78, 5) is 2.13. The van der Waals surface area contributed by atoms with Crippen LogP contribution < -0.4 is 0 Å². The molecular weight excluding hydrogens is 183 g/mol. The second-order valence-electron chi connectivity index (χ2n) is 4.00. The van der Waals surface area contributed by atoms with Crippen molar-refractivity contribution in [2.75, 3.05) is 20.3 Å². The predicted octanol–water partition coefficient (Wildman–Crippen LogP) is 1.95. The van der Waals surface area contributed by atoms with Crippen molar-refractivity contribution in [1.29, 1.82) is 0 Å². The fourth-order valence-electron chi connectivity index (χ4n) is 2.16. The third-order valence-corrected chi connectivity index (χ3v) is 2.91. The highest BCUT2D eigenvalue weighted by Crippen LogP contribution is 2.36. The highest BCUT2D eigenvalue weighted by Gasteiger charge is 2.35. The lowest BCUT2D eigenvalue weighted by atomic mass is 10.00. The molecule has 0 aliphatic carbocycles. The molecule has 1 aliphatic rings. The van der Waals surface area contributed by atoms with Crippen molar-refractivity contribution in [2.45, 2.75) is 19.4 Å². The molecule has 1 aliphatic heterocycles. The van der Waals surface area contributed by atoms with Crippen molar-refractivity contribution in [3.05, 3.63) is 17.5 Å². The minimum Gasteiger partial charge on any atom is -0.359 e. The summed E-state index contributed by atoms with van der Waals surface area (Å²) in [6.07, 6.45) is 0.900. The van der Waals surface area contributed by atoms with Gasteiger partial charge in [-0.3, -0.25) is 9.29 Å². The molecule has 1 saturated heterocycles. The van der Waals surface area contributed by atoms with Crippen LogP contribution >= 0.6 is 0 Å². The highest BCUT2D eigenvalue weighted by atomic mass is 19.1. The number of hydrogen-bond acceptors (Lipinski definition) is 3. The fraction of sp³-hybridized carbons (Fsp3) is 0.700. The Balaban J connectivity index is 2.22. The first-order valence-electron chi connectivity index (χ1n) is 4.92. The average molecular weight is 198 g/mol. The summed E-state index contributed by atoms with van der Waals surface area (Å²) in [6, 6.07) is 1.97. The van der Waals surface area contributed by atoms with Crippen molar-refractivity contribution in [3.63, 3.8) is 0 Å². The molecule has 2 atom stereocenters. The summed E-state index contributed by atoms with van der Waals surface area (Å²) in [5, 5.41) is 3.84. The fourth-order valence-corrected chi connectivity index (χ4v) is 2.16. The van der Waals surface area contributed by atoms with Gasteiger partial charge in [0.05, 0.1) is 18.4 Å². The zero-order valence-electron chi connectivity index (χ0n) is 8.53. The molecule has 0 saturated carbocycles. The Kier molecular flexibility index (Phi) is 2.54. The first kappa shape index (κ1) is 9.65. The first-order chi connectivity index (χ1) is 6.72. The van der Waals surface area contributed by atoms with E-state index in [0.717, 1.165) is 24.4 Å². The number of likely N-dealkylation sites (tertiary alicyclic amines) is 1. The molecule has 0 amide bonds. The van der Waals surface area contributed by atoms with Gasteiger partial charge in [0.1, 0.15) is 0 Å². The van der Waals surface area contributed by atoms with Gasteiger partial charge in [-0.1, -0.05) is 5.16 Å². The van der Waals surface area contributed by atoms with Crippen molar-refractivity contribution in [3.8, 4) is 0 Å². The van der Waals surface area contributed by atoms with E-state index >= 15 is 0 Å². The quantitative estimate of drug-likeness (QED) is 0.727. The second kappa shape index (κ2) is 3.69. The van der Waals surface area contributed by atoms with Gasteiger partial charge in [0.2, 0.25) is 0 Å². The lowest BCUT2D eigenvalue weighted by Crippen LogP contribution is -2.21. The van der Waals surface area contributed by atoms with Crippen molar-refractivity contribution in [1.82, 2.24) is 10.1 Å². The van der Waals surface area contributed by atoms with Gasteiger partial charge < -0.3 is 4.52 Å². The lowest BCUT2D eigenvalue weighted by molar-refractivity contribution is 0.199. The van der Waals surface area contributed by atoms with E-state index < -0.39 is 0 Å². The van der Waals surface area contributed by atoms with Gasteiger partial charge in [-0.2, -0.15) is 0 Å². The van der Waals surface area contributed by atoms with Crippen molar-refractivity contribution < 1.29 is 8.91 Å². The number of aryl methyl sites for hydroxylation is 1. The van der Waals surface area contributed by atoms with Gasteiger partial charge in [0, 0.05) is 12.0 Å². The molecule has 0 aromatic carbocycles. The maximum Gasteiger partial charge on any atom is 0.154 e. The van der Waals surface area contributed by atoms with E-state index in [-0.39, 0.29) is 18.6 Å². The Morgan fingerprint density at radius 1 is 1.71 bits per heavy atom. The number of aromatic nitrogens is 1. The van der Waals surface area contributed by atoms with Gasteiger partial charge in [-0.15, -0.1) is 0 Å². The summed E-state index contributed by atoms with van der Waals surface area (Å²) in [5.41, 5.74) is 0.859. The molecule has 1 aromatic rings. The number of alkyl halides is 1. The predicted molar refractivity (Wildman–Crippen MR) is 50.7 cm³/mol. The zero-order chi connectivity index (χ0) is 10.1. The molecule has 2 rings (SSSR count). The minimum atomic E-state index is -0.283. The van der Waals surface area contributed by atoms with E-state index in [1.54, 1.807) is 0 Å². The number of rotatable bonds is 2. The monoisotopic (exact) mass is 198 g/mol. The Morgan fingerprint density at radius 2 is 2.50 bits per heavy atom. The van der Waals surface area contributed by atoms with Crippen molar-refractivity contribution in [2.24, 2.45) is 5.92 Å². The van der Waals surface area contributed by atoms with Gasteiger partial charge >= 0.3 is 0 Å². The SMILES string of the molecule is Cc1cc(C2C(CF)CCN2C)on1. The van der Waals surface area contributed by atoms with Crippen LogP contribution in [0.25, 0.3) is 0 Å². The van der Waals surface area contributed by atoms with Crippen LogP contribution in [-0.2, 0) is 0 Å². The molecule has 2 heterocycles. The average Bonchev–Trinajstić information content (AvgIpc) is 2.71. The molecular formula is C10H15FN2O. The number of nitrogens with zero attached hydrogens (tertiary/aromatic N) is 2. The Hall–Kier alpha value is -0.900. The summed E-state index contributed by atoms with van der Waals surface area (Å²) in [5.74, 6) is 0.859. The largest absolute Gasteiger partial charge is 0.359 e. The molecule has 2 unspecified atom stereocenters. The van der Waals surface area contributed by atoms with Crippen LogP contribution in [0.4, 0.5) is 4.39 Å². The topological polar surface area (TPSA) is 29.3 Å². The van der Waals surface area contributed by atoms with Crippen LogP contribution in [0.2, 0.25) is 0 Å². The van der Waals surface area contributed by atoms with E-state index in [0.29, 0.717) is 0 Å². The van der Waals surface area contributed by atoms with E-state index in [9.17, 15) is 4.39 Å². The molecule has 1 fully saturated rings. The molecule has 0 N–H and O–H groups in total. The second-order valence-corrected chi connectivity index (χ2v) is 4.00. The lowest BCUT2D eigenvalue weighted by Gasteiger charge is -2.20. The summed E-state index contributed by atoms with van der Waals surface area (Å²) >= 11 is 0. The zero-order valence-corrected chi connectivity index (χ0v) is 8.53. The van der Waals surface area contributed by atoms with Gasteiger partial charge in [0.25, 0.3) is 0 Å². The van der Waals surface area contributed by atoms with Crippen LogP contribution in [0.1, 0.15) is 23.9 Å². The molecule has 0 bridgehead atoms. The Bertz CT molecular complexity index is 313. The molecule has 1 aromatic heterocycles. The van der Waals surface area contributed by atoms with Gasteiger partial charge in [0.15, 0.2) is 5.76 Å². The molecule has 14 heavy (non-hydrogen) atoms. The number of halogens is 1. The van der Waals surface area contributed by atoms with E-state index in [1.807, 2.05) is 20.0 Å². The smallest absolute Gasteiger partial charge is 0.154 e. The molecule has 4 heteroatoms. The van der Waals surface area contributed by atoms with Gasteiger partial charge in [-0.25, -0.2) is 0 Å². The highest BCUT2D eigenvalue weighted by molar-refractivity contribution is 5.11. The summed E-state index contributed by atoms with van der Waals surface area (Å²) < 4.78 is 17.9. The van der Waals surface area contributed by atoms with Crippen LogP contribution in [0.15, 0.2) is 10.6 Å². The maximum atomic E-state index is 12.7. The minimum absolute atomic E-state index is 0.0624. The van der Waals surface area contributed by atoms with Crippen LogP contribution in [0, 0.1) is 12.8 Å². The van der Waals surface area contributed by atoms with Crippen LogP contribution in [0.3, 0.4) is 0 Å². The third-order valence-electron chi connectivity index (χ3n) is 2.91. The Labute approximate surface area is 82.9 Å². The summed E-state index contributed by atoms with van der Waals surface area (Å²) in [6.45, 7) is 2.53. The normalized spacial score (nSPS) is 28.5.